The number of rotatable bonds is 2. The lowest BCUT2D eigenvalue weighted by Gasteiger charge is -2.08. The number of halogens is 1. The van der Waals surface area contributed by atoms with Crippen LogP contribution >= 0.6 is 27.7 Å². The lowest BCUT2D eigenvalue weighted by molar-refractivity contribution is 0.843. The second-order valence-electron chi connectivity index (χ2n) is 3.73. The van der Waals surface area contributed by atoms with Crippen molar-refractivity contribution in [2.24, 2.45) is 4.99 Å². The van der Waals surface area contributed by atoms with E-state index < -0.39 is 0 Å². The fourth-order valence-electron chi connectivity index (χ4n) is 1.50. The van der Waals surface area contributed by atoms with Gasteiger partial charge in [-0.2, -0.15) is 5.26 Å². The Morgan fingerprint density at radius 1 is 1.65 bits per heavy atom. The van der Waals surface area contributed by atoms with Gasteiger partial charge < -0.3 is 5.32 Å². The van der Waals surface area contributed by atoms with Crippen LogP contribution in [-0.4, -0.2) is 17.0 Å². The molecule has 0 radical (unpaired) electrons. The highest BCUT2D eigenvalue weighted by Gasteiger charge is 2.18. The number of benzene rings is 1. The first-order valence-corrected chi connectivity index (χ1v) is 7.08. The van der Waals surface area contributed by atoms with E-state index in [1.807, 2.05) is 6.07 Å². The quantitative estimate of drug-likeness (QED) is 0.907. The lowest BCUT2D eigenvalue weighted by atomic mass is 10.2. The van der Waals surface area contributed by atoms with Crippen LogP contribution < -0.4 is 5.32 Å². The van der Waals surface area contributed by atoms with Crippen LogP contribution in [0.4, 0.5) is 5.69 Å². The molecule has 1 unspecified atom stereocenters. The average molecular weight is 310 g/mol. The summed E-state index contributed by atoms with van der Waals surface area (Å²) in [7, 11) is 0. The smallest absolute Gasteiger partial charge is 0.161 e. The molecule has 1 aromatic carbocycles. The van der Waals surface area contributed by atoms with Crippen LogP contribution in [0.1, 0.15) is 18.9 Å². The zero-order valence-electron chi connectivity index (χ0n) is 9.40. The lowest BCUT2D eigenvalue weighted by Crippen LogP contribution is -2.07. The molecule has 1 N–H and O–H groups in total. The molecule has 5 heteroatoms. The summed E-state index contributed by atoms with van der Waals surface area (Å²) < 4.78 is 0.889. The molecule has 0 amide bonds. The Labute approximate surface area is 113 Å². The van der Waals surface area contributed by atoms with Crippen molar-refractivity contribution in [2.75, 3.05) is 11.9 Å². The van der Waals surface area contributed by atoms with Crippen LogP contribution in [0.15, 0.2) is 27.7 Å². The molecule has 3 nitrogen and oxygen atoms in total. The number of hydrogen-bond donors (Lipinski definition) is 1. The van der Waals surface area contributed by atoms with Gasteiger partial charge in [-0.3, -0.25) is 4.99 Å². The van der Waals surface area contributed by atoms with Gasteiger partial charge in [0.2, 0.25) is 0 Å². The highest BCUT2D eigenvalue weighted by Crippen LogP contribution is 2.28. The van der Waals surface area contributed by atoms with Crippen molar-refractivity contribution in [3.05, 3.63) is 28.2 Å². The molecule has 1 aromatic rings. The third-order valence-corrected chi connectivity index (χ3v) is 4.44. The number of thioether (sulfide) groups is 1. The monoisotopic (exact) mass is 309 g/mol. The molecule has 0 aliphatic carbocycles. The molecular formula is C12H12BrN3S. The molecule has 1 heterocycles. The van der Waals surface area contributed by atoms with Gasteiger partial charge >= 0.3 is 0 Å². The maximum Gasteiger partial charge on any atom is 0.161 e. The predicted molar refractivity (Wildman–Crippen MR) is 76.5 cm³/mol. The first kappa shape index (κ1) is 12.5. The first-order valence-electron chi connectivity index (χ1n) is 5.40. The minimum atomic E-state index is 0.592. The van der Waals surface area contributed by atoms with E-state index in [-0.39, 0.29) is 0 Å². The zero-order chi connectivity index (χ0) is 12.3. The third-order valence-electron chi connectivity index (χ3n) is 2.51. The fraction of sp³-hybridized carbons (Fsp3) is 0.333. The van der Waals surface area contributed by atoms with E-state index in [0.717, 1.165) is 28.3 Å². The topological polar surface area (TPSA) is 48.2 Å². The highest BCUT2D eigenvalue weighted by molar-refractivity contribution is 9.10. The minimum Gasteiger partial charge on any atom is -0.334 e. The molecule has 1 aliphatic rings. The van der Waals surface area contributed by atoms with Crippen LogP contribution in [0.2, 0.25) is 0 Å². The van der Waals surface area contributed by atoms with Crippen LogP contribution in [0.3, 0.4) is 0 Å². The van der Waals surface area contributed by atoms with Crippen molar-refractivity contribution < 1.29 is 0 Å². The van der Waals surface area contributed by atoms with Crippen molar-refractivity contribution in [1.29, 1.82) is 5.26 Å². The molecule has 88 valence electrons. The molecule has 0 aromatic heterocycles. The predicted octanol–water partition coefficient (Wildman–Crippen LogP) is 3.61. The fourth-order valence-corrected chi connectivity index (χ4v) is 2.93. The van der Waals surface area contributed by atoms with Crippen molar-refractivity contribution in [2.45, 2.75) is 18.6 Å². The Bertz CT molecular complexity index is 493. The summed E-state index contributed by atoms with van der Waals surface area (Å²) in [4.78, 5) is 4.45. The summed E-state index contributed by atoms with van der Waals surface area (Å²) in [6.45, 7) is 3.06. The molecule has 0 saturated carbocycles. The number of nitrogens with one attached hydrogen (secondary N) is 1. The van der Waals surface area contributed by atoms with E-state index in [1.165, 1.54) is 0 Å². The number of aliphatic imine (C=N–C) groups is 1. The number of anilines is 1. The van der Waals surface area contributed by atoms with Gasteiger partial charge in [0.25, 0.3) is 0 Å². The Morgan fingerprint density at radius 2 is 2.47 bits per heavy atom. The zero-order valence-corrected chi connectivity index (χ0v) is 11.8. The molecule has 0 saturated heterocycles. The van der Waals surface area contributed by atoms with Gasteiger partial charge in [-0.15, -0.1) is 0 Å². The van der Waals surface area contributed by atoms with E-state index in [2.05, 4.69) is 39.2 Å². The summed E-state index contributed by atoms with van der Waals surface area (Å²) in [5, 5.41) is 13.6. The number of nitriles is 1. The molecule has 0 spiro atoms. The van der Waals surface area contributed by atoms with Gasteiger partial charge in [0.05, 0.1) is 23.9 Å². The SMILES string of the molecule is CCC1CN=C(Nc2ccc(C#N)cc2Br)S1. The van der Waals surface area contributed by atoms with Gasteiger partial charge in [-0.05, 0) is 40.5 Å². The largest absolute Gasteiger partial charge is 0.334 e. The van der Waals surface area contributed by atoms with E-state index in [9.17, 15) is 0 Å². The van der Waals surface area contributed by atoms with Gasteiger partial charge in [0.15, 0.2) is 5.17 Å². The molecule has 0 fully saturated rings. The molecular weight excluding hydrogens is 298 g/mol. The molecule has 1 atom stereocenters. The number of nitrogens with zero attached hydrogens (tertiary/aromatic N) is 2. The van der Waals surface area contributed by atoms with E-state index in [1.54, 1.807) is 23.9 Å². The number of amidine groups is 1. The van der Waals surface area contributed by atoms with Crippen LogP contribution in [-0.2, 0) is 0 Å². The molecule has 1 aliphatic heterocycles. The summed E-state index contributed by atoms with van der Waals surface area (Å²) >= 11 is 5.23. The highest BCUT2D eigenvalue weighted by atomic mass is 79.9. The normalized spacial score (nSPS) is 18.6. The van der Waals surface area contributed by atoms with Gasteiger partial charge in [0, 0.05) is 9.72 Å². The van der Waals surface area contributed by atoms with Crippen molar-refractivity contribution in [1.82, 2.24) is 0 Å². The summed E-state index contributed by atoms with van der Waals surface area (Å²) in [5.41, 5.74) is 1.60. The molecule has 17 heavy (non-hydrogen) atoms. The Hall–Kier alpha value is -0.990. The van der Waals surface area contributed by atoms with Crippen LogP contribution in [0.25, 0.3) is 0 Å². The van der Waals surface area contributed by atoms with Gasteiger partial charge in [-0.1, -0.05) is 18.7 Å². The Balaban J connectivity index is 2.08. The van der Waals surface area contributed by atoms with Crippen molar-refractivity contribution >= 4 is 38.5 Å². The average Bonchev–Trinajstić information content (AvgIpc) is 2.79. The summed E-state index contributed by atoms with van der Waals surface area (Å²) in [6.07, 6.45) is 1.13. The Morgan fingerprint density at radius 3 is 3.06 bits per heavy atom. The van der Waals surface area contributed by atoms with Gasteiger partial charge in [-0.25, -0.2) is 0 Å². The van der Waals surface area contributed by atoms with Gasteiger partial charge in [0.1, 0.15) is 0 Å². The summed E-state index contributed by atoms with van der Waals surface area (Å²) in [5.74, 6) is 0. The van der Waals surface area contributed by atoms with Crippen LogP contribution in [0, 0.1) is 11.3 Å². The van der Waals surface area contributed by atoms with Crippen molar-refractivity contribution in [3.8, 4) is 6.07 Å². The maximum absolute atomic E-state index is 8.78. The van der Waals surface area contributed by atoms with Crippen molar-refractivity contribution in [3.63, 3.8) is 0 Å². The first-order chi connectivity index (χ1) is 8.22. The second kappa shape index (κ2) is 5.56. The number of hydrogen-bond acceptors (Lipinski definition) is 4. The third kappa shape index (κ3) is 3.02. The van der Waals surface area contributed by atoms with E-state index in [4.69, 9.17) is 5.26 Å². The maximum atomic E-state index is 8.78. The molecule has 2 rings (SSSR count). The Kier molecular flexibility index (Phi) is 4.08. The molecule has 0 bridgehead atoms. The minimum absolute atomic E-state index is 0.592. The van der Waals surface area contributed by atoms with E-state index in [0.29, 0.717) is 10.8 Å². The van der Waals surface area contributed by atoms with Crippen LogP contribution in [0.5, 0.6) is 0 Å². The van der Waals surface area contributed by atoms with E-state index >= 15 is 0 Å². The summed E-state index contributed by atoms with van der Waals surface area (Å²) in [6, 6.07) is 7.61. The standard InChI is InChI=1S/C12H12BrN3S/c1-2-9-7-15-12(17-9)16-11-4-3-8(6-14)5-10(11)13/h3-5,9H,2,7H2,1H3,(H,15,16). The second-order valence-corrected chi connectivity index (χ2v) is 5.87.